The topological polar surface area (TPSA) is 125 Å². The monoisotopic (exact) mass is 425 g/mol. The average molecular weight is 426 g/mol. The number of nitro groups is 1. The molecule has 1 fully saturated rings. The number of primary sulfonamides is 1. The first-order chi connectivity index (χ1) is 13.2. The number of halogens is 1. The standard InChI is InChI=1S/C18H20ClN3O5S/c19-14-3-1-13(2-4-14)18(7-9-27-10-8-18)12-21-16-6-5-15(22(23)24)11-17(16)28(20,25)26/h1-6,11,21H,7-10,12H2,(H2,20,25,26). The molecule has 28 heavy (non-hydrogen) atoms. The minimum absolute atomic E-state index is 0.230. The molecule has 0 aromatic heterocycles. The van der Waals surface area contributed by atoms with Gasteiger partial charge in [-0.3, -0.25) is 10.1 Å². The van der Waals surface area contributed by atoms with Crippen molar-refractivity contribution in [2.45, 2.75) is 23.2 Å². The lowest BCUT2D eigenvalue weighted by Gasteiger charge is -2.38. The maximum absolute atomic E-state index is 11.9. The fourth-order valence-electron chi connectivity index (χ4n) is 3.40. The van der Waals surface area contributed by atoms with Gasteiger partial charge < -0.3 is 10.1 Å². The Morgan fingerprint density at radius 2 is 1.82 bits per heavy atom. The Bertz CT molecular complexity index is 973. The Hall–Kier alpha value is -2.20. The van der Waals surface area contributed by atoms with Crippen LogP contribution in [-0.4, -0.2) is 33.1 Å². The number of rotatable bonds is 6. The first kappa shape index (κ1) is 20.5. The van der Waals surface area contributed by atoms with E-state index in [4.69, 9.17) is 21.5 Å². The minimum atomic E-state index is -4.14. The molecule has 3 N–H and O–H groups in total. The molecule has 3 rings (SSSR count). The van der Waals surface area contributed by atoms with Crippen molar-refractivity contribution in [3.8, 4) is 0 Å². The zero-order valence-corrected chi connectivity index (χ0v) is 16.5. The SMILES string of the molecule is NS(=O)(=O)c1cc([N+](=O)[O-])ccc1NCC1(c2ccc(Cl)cc2)CCOCC1. The predicted molar refractivity (Wildman–Crippen MR) is 106 cm³/mol. The zero-order valence-electron chi connectivity index (χ0n) is 14.9. The number of nitrogens with zero attached hydrogens (tertiary/aromatic N) is 1. The normalized spacial score (nSPS) is 16.5. The summed E-state index contributed by atoms with van der Waals surface area (Å²) >= 11 is 6.00. The quantitative estimate of drug-likeness (QED) is 0.541. The van der Waals surface area contributed by atoms with Crippen LogP contribution in [0.15, 0.2) is 47.4 Å². The average Bonchev–Trinajstić information content (AvgIpc) is 2.66. The number of non-ortho nitro benzene ring substituents is 1. The number of nitrogens with one attached hydrogen (secondary N) is 1. The van der Waals surface area contributed by atoms with E-state index in [0.29, 0.717) is 24.8 Å². The summed E-state index contributed by atoms with van der Waals surface area (Å²) in [5, 5.41) is 20.0. The second-order valence-corrected chi connectivity index (χ2v) is 8.70. The Morgan fingerprint density at radius 3 is 2.39 bits per heavy atom. The van der Waals surface area contributed by atoms with Crippen LogP contribution < -0.4 is 10.5 Å². The van der Waals surface area contributed by atoms with Crippen LogP contribution in [0.1, 0.15) is 18.4 Å². The Balaban J connectivity index is 1.94. The molecule has 0 atom stereocenters. The lowest BCUT2D eigenvalue weighted by Crippen LogP contribution is -2.40. The lowest BCUT2D eigenvalue weighted by atomic mass is 9.74. The number of nitro benzene ring substituents is 1. The van der Waals surface area contributed by atoms with Crippen LogP contribution >= 0.6 is 11.6 Å². The zero-order chi connectivity index (χ0) is 20.4. The van der Waals surface area contributed by atoms with Gasteiger partial charge in [-0.1, -0.05) is 23.7 Å². The van der Waals surface area contributed by atoms with Crippen molar-refractivity contribution in [3.05, 3.63) is 63.2 Å². The molecule has 2 aromatic rings. The van der Waals surface area contributed by atoms with E-state index in [9.17, 15) is 18.5 Å². The molecule has 150 valence electrons. The van der Waals surface area contributed by atoms with Crippen molar-refractivity contribution >= 4 is 33.0 Å². The van der Waals surface area contributed by atoms with E-state index in [1.165, 1.54) is 12.1 Å². The molecule has 1 aliphatic rings. The summed E-state index contributed by atoms with van der Waals surface area (Å²) in [7, 11) is -4.14. The summed E-state index contributed by atoms with van der Waals surface area (Å²) in [5.41, 5.74) is 0.660. The molecule has 1 heterocycles. The third-order valence-corrected chi connectivity index (χ3v) is 6.21. The van der Waals surface area contributed by atoms with Gasteiger partial charge in [0.05, 0.1) is 10.6 Å². The van der Waals surface area contributed by atoms with Crippen LogP contribution in [0, 0.1) is 10.1 Å². The third kappa shape index (κ3) is 4.44. The smallest absolute Gasteiger partial charge is 0.270 e. The van der Waals surface area contributed by atoms with Crippen LogP contribution in [0.5, 0.6) is 0 Å². The molecule has 0 spiro atoms. The maximum Gasteiger partial charge on any atom is 0.270 e. The maximum atomic E-state index is 11.9. The molecule has 8 nitrogen and oxygen atoms in total. The lowest BCUT2D eigenvalue weighted by molar-refractivity contribution is -0.385. The van der Waals surface area contributed by atoms with Gasteiger partial charge in [0.2, 0.25) is 10.0 Å². The molecule has 0 bridgehead atoms. The summed E-state index contributed by atoms with van der Waals surface area (Å²) in [6, 6.07) is 11.1. The van der Waals surface area contributed by atoms with Crippen LogP contribution in [-0.2, 0) is 20.2 Å². The van der Waals surface area contributed by atoms with Gasteiger partial charge in [0.25, 0.3) is 5.69 Å². The summed E-state index contributed by atoms with van der Waals surface area (Å²) in [6.07, 6.45) is 1.47. The van der Waals surface area contributed by atoms with Crippen LogP contribution in [0.2, 0.25) is 5.02 Å². The molecular weight excluding hydrogens is 406 g/mol. The number of hydrogen-bond acceptors (Lipinski definition) is 6. The van der Waals surface area contributed by atoms with E-state index >= 15 is 0 Å². The van der Waals surface area contributed by atoms with Gasteiger partial charge in [0.1, 0.15) is 4.90 Å². The van der Waals surface area contributed by atoms with E-state index in [1.54, 1.807) is 0 Å². The molecule has 2 aromatic carbocycles. The van der Waals surface area contributed by atoms with Crippen LogP contribution in [0.4, 0.5) is 11.4 Å². The van der Waals surface area contributed by atoms with E-state index in [1.807, 2.05) is 24.3 Å². The highest BCUT2D eigenvalue weighted by Crippen LogP contribution is 2.36. The van der Waals surface area contributed by atoms with Crippen molar-refractivity contribution in [1.82, 2.24) is 0 Å². The van der Waals surface area contributed by atoms with Crippen LogP contribution in [0.25, 0.3) is 0 Å². The molecule has 0 unspecified atom stereocenters. The summed E-state index contributed by atoms with van der Waals surface area (Å²) in [5.74, 6) is 0. The molecule has 0 aliphatic carbocycles. The molecular formula is C18H20ClN3O5S. The molecule has 0 radical (unpaired) electrons. The van der Waals surface area contributed by atoms with Gasteiger partial charge in [-0.25, -0.2) is 13.6 Å². The fourth-order valence-corrected chi connectivity index (χ4v) is 4.26. The largest absolute Gasteiger partial charge is 0.383 e. The van der Waals surface area contributed by atoms with Crippen LogP contribution in [0.3, 0.4) is 0 Å². The second kappa shape index (κ2) is 8.04. The molecule has 0 saturated carbocycles. The number of benzene rings is 2. The summed E-state index contributed by atoms with van der Waals surface area (Å²) < 4.78 is 29.4. The van der Waals surface area contributed by atoms with Crippen molar-refractivity contribution < 1.29 is 18.1 Å². The van der Waals surface area contributed by atoms with Gasteiger partial charge >= 0.3 is 0 Å². The van der Waals surface area contributed by atoms with Gasteiger partial charge in [-0.15, -0.1) is 0 Å². The first-order valence-corrected chi connectivity index (χ1v) is 10.5. The fraction of sp³-hybridized carbons (Fsp3) is 0.333. The van der Waals surface area contributed by atoms with Crippen molar-refractivity contribution in [2.75, 3.05) is 25.1 Å². The molecule has 10 heteroatoms. The first-order valence-electron chi connectivity index (χ1n) is 8.60. The van der Waals surface area contributed by atoms with E-state index in [-0.39, 0.29) is 21.7 Å². The minimum Gasteiger partial charge on any atom is -0.383 e. The van der Waals surface area contributed by atoms with Crippen molar-refractivity contribution in [1.29, 1.82) is 0 Å². The van der Waals surface area contributed by atoms with Gasteiger partial charge in [0.15, 0.2) is 0 Å². The Labute approximate surface area is 167 Å². The van der Waals surface area contributed by atoms with Crippen molar-refractivity contribution in [2.24, 2.45) is 5.14 Å². The molecule has 1 saturated heterocycles. The van der Waals surface area contributed by atoms with E-state index in [0.717, 1.165) is 24.5 Å². The number of nitrogens with two attached hydrogens (primary N) is 1. The van der Waals surface area contributed by atoms with Gasteiger partial charge in [-0.2, -0.15) is 0 Å². The highest BCUT2D eigenvalue weighted by Gasteiger charge is 2.35. The Morgan fingerprint density at radius 1 is 1.18 bits per heavy atom. The number of hydrogen-bond donors (Lipinski definition) is 2. The summed E-state index contributed by atoms with van der Waals surface area (Å²) in [4.78, 5) is 10.0. The van der Waals surface area contributed by atoms with Gasteiger partial charge in [-0.05, 0) is 36.6 Å². The highest BCUT2D eigenvalue weighted by atomic mass is 35.5. The number of ether oxygens (including phenoxy) is 1. The van der Waals surface area contributed by atoms with E-state index in [2.05, 4.69) is 5.32 Å². The number of anilines is 1. The number of sulfonamides is 1. The van der Waals surface area contributed by atoms with Gasteiger partial charge in [0, 0.05) is 42.3 Å². The van der Waals surface area contributed by atoms with Crippen molar-refractivity contribution in [3.63, 3.8) is 0 Å². The Kier molecular flexibility index (Phi) is 5.90. The molecule has 1 aliphatic heterocycles. The third-order valence-electron chi connectivity index (χ3n) is 5.01. The summed E-state index contributed by atoms with van der Waals surface area (Å²) in [6.45, 7) is 1.57. The highest BCUT2D eigenvalue weighted by molar-refractivity contribution is 7.89. The molecule has 0 amide bonds. The second-order valence-electron chi connectivity index (χ2n) is 6.74. The predicted octanol–water partition coefficient (Wildman–Crippen LogP) is 3.06. The van der Waals surface area contributed by atoms with E-state index < -0.39 is 14.9 Å².